The number of amides is 3. The maximum Gasteiger partial charge on any atom is 0.319 e. The Bertz CT molecular complexity index is 793. The van der Waals surface area contributed by atoms with E-state index in [9.17, 15) is 9.59 Å². The molecule has 0 radical (unpaired) electrons. The van der Waals surface area contributed by atoms with E-state index >= 15 is 0 Å². The van der Waals surface area contributed by atoms with Gasteiger partial charge in [0.15, 0.2) is 6.61 Å². The number of hydrogen-bond acceptors (Lipinski definition) is 6. The number of benzene rings is 1. The van der Waals surface area contributed by atoms with Crippen LogP contribution < -0.4 is 20.3 Å². The molecule has 2 N–H and O–H groups in total. The molecule has 3 amide bonds. The lowest BCUT2D eigenvalue weighted by atomic mass is 10.2. The summed E-state index contributed by atoms with van der Waals surface area (Å²) < 4.78 is 5.37. The van der Waals surface area contributed by atoms with Crippen molar-refractivity contribution in [1.29, 1.82) is 0 Å². The molecule has 0 saturated heterocycles. The molecule has 1 aromatic carbocycles. The van der Waals surface area contributed by atoms with Gasteiger partial charge < -0.3 is 20.3 Å². The van der Waals surface area contributed by atoms with Crippen LogP contribution >= 0.6 is 23.1 Å². The Morgan fingerprint density at radius 3 is 3.12 bits per heavy atom. The molecule has 1 aliphatic rings. The van der Waals surface area contributed by atoms with Gasteiger partial charge in [-0.2, -0.15) is 11.8 Å². The van der Waals surface area contributed by atoms with Crippen LogP contribution in [0.4, 0.5) is 16.2 Å². The third-order valence-electron chi connectivity index (χ3n) is 3.60. The molecule has 0 fully saturated rings. The van der Waals surface area contributed by atoms with Crippen molar-refractivity contribution in [2.75, 3.05) is 30.1 Å². The Morgan fingerprint density at radius 1 is 1.48 bits per heavy atom. The van der Waals surface area contributed by atoms with Gasteiger partial charge in [-0.3, -0.25) is 4.79 Å². The predicted octanol–water partition coefficient (Wildman–Crippen LogP) is 2.68. The van der Waals surface area contributed by atoms with E-state index in [2.05, 4.69) is 15.6 Å². The van der Waals surface area contributed by atoms with Crippen molar-refractivity contribution < 1.29 is 14.3 Å². The van der Waals surface area contributed by atoms with Crippen LogP contribution in [-0.4, -0.2) is 36.8 Å². The van der Waals surface area contributed by atoms with Gasteiger partial charge >= 0.3 is 6.03 Å². The van der Waals surface area contributed by atoms with Gasteiger partial charge in [-0.25, -0.2) is 9.78 Å². The van der Waals surface area contributed by atoms with Crippen LogP contribution in [0.3, 0.4) is 0 Å². The van der Waals surface area contributed by atoms with Crippen LogP contribution in [0.5, 0.6) is 5.75 Å². The standard InChI is InChI=1S/C16H18N4O3S2/c1-20-12-5-10(3-4-13(12)23-7-15(20)21)19-16(22)17-6-11-8-25-14(18-11)9-24-2/h3-5,8H,6-7,9H2,1-2H3,(H2,17,19,22). The Hall–Kier alpha value is -2.26. The molecule has 2 aromatic rings. The minimum atomic E-state index is -0.329. The van der Waals surface area contributed by atoms with Crippen molar-refractivity contribution in [2.24, 2.45) is 0 Å². The molecule has 1 aromatic heterocycles. The van der Waals surface area contributed by atoms with Gasteiger partial charge in [0, 0.05) is 23.9 Å². The van der Waals surface area contributed by atoms with Gasteiger partial charge in [-0.05, 0) is 24.5 Å². The lowest BCUT2D eigenvalue weighted by molar-refractivity contribution is -0.120. The number of nitrogens with one attached hydrogen (secondary N) is 2. The number of urea groups is 1. The monoisotopic (exact) mass is 378 g/mol. The summed E-state index contributed by atoms with van der Waals surface area (Å²) in [4.78, 5) is 29.7. The maximum atomic E-state index is 12.1. The van der Waals surface area contributed by atoms with Crippen molar-refractivity contribution in [2.45, 2.75) is 12.3 Å². The van der Waals surface area contributed by atoms with E-state index in [1.54, 1.807) is 48.3 Å². The lowest BCUT2D eigenvalue weighted by Crippen LogP contribution is -2.35. The summed E-state index contributed by atoms with van der Waals surface area (Å²) in [6, 6.07) is 4.86. The average Bonchev–Trinajstić information content (AvgIpc) is 3.05. The molecule has 1 aliphatic heterocycles. The van der Waals surface area contributed by atoms with E-state index < -0.39 is 0 Å². The highest BCUT2D eigenvalue weighted by Gasteiger charge is 2.22. The number of thioether (sulfide) groups is 1. The molecule has 0 aliphatic carbocycles. The molecule has 0 saturated carbocycles. The smallest absolute Gasteiger partial charge is 0.319 e. The third kappa shape index (κ3) is 4.23. The number of aromatic nitrogens is 1. The van der Waals surface area contributed by atoms with E-state index in [0.29, 0.717) is 23.7 Å². The zero-order valence-corrected chi connectivity index (χ0v) is 15.5. The van der Waals surface area contributed by atoms with Crippen molar-refractivity contribution in [3.05, 3.63) is 34.3 Å². The highest BCUT2D eigenvalue weighted by atomic mass is 32.2. The number of carbonyl (C=O) groups is 2. The summed E-state index contributed by atoms with van der Waals surface area (Å²) in [6.07, 6.45) is 2.03. The molecule has 25 heavy (non-hydrogen) atoms. The van der Waals surface area contributed by atoms with Gasteiger partial charge in [-0.1, -0.05) is 0 Å². The van der Waals surface area contributed by atoms with E-state index in [1.165, 1.54) is 4.90 Å². The van der Waals surface area contributed by atoms with E-state index in [1.807, 2.05) is 11.6 Å². The van der Waals surface area contributed by atoms with E-state index in [0.717, 1.165) is 16.5 Å². The highest BCUT2D eigenvalue weighted by Crippen LogP contribution is 2.33. The van der Waals surface area contributed by atoms with Gasteiger partial charge in [0.1, 0.15) is 10.8 Å². The number of nitrogens with zero attached hydrogens (tertiary/aromatic N) is 2. The van der Waals surface area contributed by atoms with E-state index in [4.69, 9.17) is 4.74 Å². The van der Waals surface area contributed by atoms with Crippen LogP contribution in [0.1, 0.15) is 10.7 Å². The summed E-state index contributed by atoms with van der Waals surface area (Å²) in [5.41, 5.74) is 2.06. The van der Waals surface area contributed by atoms with Crippen molar-refractivity contribution in [3.8, 4) is 5.75 Å². The normalized spacial score (nSPS) is 13.2. The number of hydrogen-bond donors (Lipinski definition) is 2. The van der Waals surface area contributed by atoms with E-state index in [-0.39, 0.29) is 18.5 Å². The van der Waals surface area contributed by atoms with Crippen molar-refractivity contribution >= 4 is 46.4 Å². The predicted molar refractivity (Wildman–Crippen MR) is 101 cm³/mol. The molecular weight excluding hydrogens is 360 g/mol. The second-order valence-corrected chi connectivity index (χ2v) is 7.21. The molecular formula is C16H18N4O3S2. The largest absolute Gasteiger partial charge is 0.482 e. The number of carbonyl (C=O) groups excluding carboxylic acids is 2. The van der Waals surface area contributed by atoms with Crippen LogP contribution in [0, 0.1) is 0 Å². The van der Waals surface area contributed by atoms with Crippen LogP contribution in [0.25, 0.3) is 0 Å². The first-order valence-corrected chi connectivity index (χ1v) is 9.84. The third-order valence-corrected chi connectivity index (χ3v) is 5.24. The average molecular weight is 378 g/mol. The topological polar surface area (TPSA) is 83.6 Å². The number of rotatable bonds is 5. The molecule has 3 rings (SSSR count). The second kappa shape index (κ2) is 7.75. The van der Waals surface area contributed by atoms with Gasteiger partial charge in [0.05, 0.1) is 17.9 Å². The zero-order chi connectivity index (χ0) is 17.8. The lowest BCUT2D eigenvalue weighted by Gasteiger charge is -2.26. The second-order valence-electron chi connectivity index (χ2n) is 5.40. The first-order chi connectivity index (χ1) is 12.1. The van der Waals surface area contributed by atoms with Crippen molar-refractivity contribution in [3.63, 3.8) is 0 Å². The summed E-state index contributed by atoms with van der Waals surface area (Å²) in [7, 11) is 1.68. The zero-order valence-electron chi connectivity index (χ0n) is 13.9. The summed E-state index contributed by atoms with van der Waals surface area (Å²) in [6.45, 7) is 0.395. The fraction of sp³-hybridized carbons (Fsp3) is 0.312. The molecule has 2 heterocycles. The number of anilines is 2. The summed E-state index contributed by atoms with van der Waals surface area (Å²) >= 11 is 3.31. The van der Waals surface area contributed by atoms with Crippen LogP contribution in [0.2, 0.25) is 0 Å². The SMILES string of the molecule is CSCc1nc(CNC(=O)Nc2ccc3c(c2)N(C)C(=O)CO3)cs1. The molecule has 132 valence electrons. The van der Waals surface area contributed by atoms with Gasteiger partial charge in [0.2, 0.25) is 0 Å². The minimum Gasteiger partial charge on any atom is -0.482 e. The van der Waals surface area contributed by atoms with Crippen molar-refractivity contribution in [1.82, 2.24) is 10.3 Å². The summed E-state index contributed by atoms with van der Waals surface area (Å²) in [5, 5.41) is 8.53. The number of ether oxygens (including phenoxy) is 1. The van der Waals surface area contributed by atoms with Crippen LogP contribution in [0.15, 0.2) is 23.6 Å². The Morgan fingerprint density at radius 2 is 2.32 bits per heavy atom. The molecule has 0 unspecified atom stereocenters. The first kappa shape index (κ1) is 17.6. The Labute approximate surface area is 153 Å². The first-order valence-electron chi connectivity index (χ1n) is 7.57. The quantitative estimate of drug-likeness (QED) is 0.836. The molecule has 0 spiro atoms. The number of likely N-dealkylation sites (N-methyl/N-ethyl adjacent to an activating group) is 1. The summed E-state index contributed by atoms with van der Waals surface area (Å²) in [5.74, 6) is 1.37. The Balaban J connectivity index is 1.58. The maximum absolute atomic E-state index is 12.1. The molecule has 0 atom stereocenters. The Kier molecular flexibility index (Phi) is 5.44. The van der Waals surface area contributed by atoms with Crippen LogP contribution in [-0.2, 0) is 17.1 Å². The molecule has 9 heteroatoms. The molecule has 7 nitrogen and oxygen atoms in total. The minimum absolute atomic E-state index is 0.0307. The fourth-order valence-corrected chi connectivity index (χ4v) is 3.83. The van der Waals surface area contributed by atoms with Gasteiger partial charge in [0.25, 0.3) is 5.91 Å². The molecule has 0 bridgehead atoms. The number of thiazole rings is 1. The van der Waals surface area contributed by atoms with Gasteiger partial charge in [-0.15, -0.1) is 11.3 Å². The fourth-order valence-electron chi connectivity index (χ4n) is 2.32. The number of fused-ring (bicyclic) bond motifs is 1. The highest BCUT2D eigenvalue weighted by molar-refractivity contribution is 7.97.